The van der Waals surface area contributed by atoms with Crippen LogP contribution in [0.1, 0.15) is 65.2 Å². The highest BCUT2D eigenvalue weighted by molar-refractivity contribution is 5.84. The summed E-state index contributed by atoms with van der Waals surface area (Å²) in [6.45, 7) is 4.26. The first-order chi connectivity index (χ1) is 10.7. The van der Waals surface area contributed by atoms with E-state index in [0.29, 0.717) is 43.3 Å². The molecule has 0 aromatic rings. The van der Waals surface area contributed by atoms with Gasteiger partial charge in [0.2, 0.25) is 0 Å². The van der Waals surface area contributed by atoms with Crippen molar-refractivity contribution in [1.29, 1.82) is 0 Å². The highest BCUT2D eigenvalue weighted by atomic mass is 16.3. The van der Waals surface area contributed by atoms with Crippen LogP contribution in [0.2, 0.25) is 0 Å². The molecule has 0 radical (unpaired) electrons. The summed E-state index contributed by atoms with van der Waals surface area (Å²) in [4.78, 5) is 13.1. The predicted octanol–water partition coefficient (Wildman–Crippen LogP) is 2.04. The maximum Gasteiger partial charge on any atom is 0.137 e. The Hall–Kier alpha value is -0.450. The molecule has 4 heteroatoms. The largest absolute Gasteiger partial charge is 0.393 e. The summed E-state index contributed by atoms with van der Waals surface area (Å²) in [6.07, 6.45) is 4.71. The molecule has 0 bridgehead atoms. The summed E-state index contributed by atoms with van der Waals surface area (Å²) < 4.78 is 0. The number of hydrogen-bond donors (Lipinski definition) is 3. The van der Waals surface area contributed by atoms with Crippen molar-refractivity contribution in [2.45, 2.75) is 83.0 Å². The van der Waals surface area contributed by atoms with Gasteiger partial charge in [-0.15, -0.1) is 0 Å². The van der Waals surface area contributed by atoms with Gasteiger partial charge in [-0.2, -0.15) is 0 Å². The van der Waals surface area contributed by atoms with Crippen molar-refractivity contribution in [1.82, 2.24) is 0 Å². The molecule has 3 N–H and O–H groups in total. The lowest BCUT2D eigenvalue weighted by Crippen LogP contribution is -2.64. The Balaban J connectivity index is 1.73. The van der Waals surface area contributed by atoms with Crippen LogP contribution in [0, 0.1) is 28.6 Å². The van der Waals surface area contributed by atoms with Gasteiger partial charge in [0.05, 0.1) is 17.8 Å². The monoisotopic (exact) mass is 322 g/mol. The number of ketones is 1. The molecule has 4 aliphatic rings. The Morgan fingerprint density at radius 2 is 1.78 bits per heavy atom. The van der Waals surface area contributed by atoms with Crippen LogP contribution in [-0.2, 0) is 4.79 Å². The molecule has 8 atom stereocenters. The molecule has 8 unspecified atom stereocenters. The van der Waals surface area contributed by atoms with E-state index in [-0.39, 0.29) is 17.4 Å². The standard InChI is InChI=1S/C19H30O4/c1-17-8-12(21)7-14(17)13-4-6-19(23)9-11(20)3-5-18(19,2)16(13)15(22)10-17/h11-14,16,20-21,23H,3-10H2,1-2H3. The predicted molar refractivity (Wildman–Crippen MR) is 85.6 cm³/mol. The minimum Gasteiger partial charge on any atom is -0.393 e. The van der Waals surface area contributed by atoms with Crippen molar-refractivity contribution in [2.75, 3.05) is 0 Å². The van der Waals surface area contributed by atoms with E-state index in [9.17, 15) is 20.1 Å². The molecule has 0 aromatic carbocycles. The van der Waals surface area contributed by atoms with Crippen LogP contribution in [-0.4, -0.2) is 38.9 Å². The zero-order valence-corrected chi connectivity index (χ0v) is 14.3. The zero-order valence-electron chi connectivity index (χ0n) is 14.3. The average Bonchev–Trinajstić information content (AvgIpc) is 2.73. The third-order valence-electron chi connectivity index (χ3n) is 8.20. The molecule has 0 saturated heterocycles. The summed E-state index contributed by atoms with van der Waals surface area (Å²) >= 11 is 0. The molecule has 4 saturated carbocycles. The van der Waals surface area contributed by atoms with Crippen LogP contribution < -0.4 is 0 Å². The summed E-state index contributed by atoms with van der Waals surface area (Å²) in [5, 5.41) is 31.5. The molecule has 4 fully saturated rings. The molecule has 4 nitrogen and oxygen atoms in total. The normalized spacial score (nSPS) is 59.2. The van der Waals surface area contributed by atoms with E-state index in [0.717, 1.165) is 25.7 Å². The van der Waals surface area contributed by atoms with Crippen LogP contribution in [0.25, 0.3) is 0 Å². The Kier molecular flexibility index (Phi) is 3.35. The van der Waals surface area contributed by atoms with Crippen LogP contribution in [0.4, 0.5) is 0 Å². The van der Waals surface area contributed by atoms with Gasteiger partial charge in [-0.3, -0.25) is 4.79 Å². The van der Waals surface area contributed by atoms with Gasteiger partial charge in [-0.25, -0.2) is 0 Å². The molecular weight excluding hydrogens is 292 g/mol. The lowest BCUT2D eigenvalue weighted by molar-refractivity contribution is -0.214. The van der Waals surface area contributed by atoms with Crippen molar-refractivity contribution >= 4 is 5.78 Å². The SMILES string of the molecule is CC12CC(=O)C3C(CCC4(O)CC(O)CCC34C)C1CC(O)C2. The lowest BCUT2D eigenvalue weighted by atomic mass is 9.43. The van der Waals surface area contributed by atoms with Gasteiger partial charge in [0, 0.05) is 24.2 Å². The third-order valence-corrected chi connectivity index (χ3v) is 8.20. The number of fused-ring (bicyclic) bond motifs is 5. The minimum absolute atomic E-state index is 0.0579. The van der Waals surface area contributed by atoms with Gasteiger partial charge in [0.15, 0.2) is 0 Å². The van der Waals surface area contributed by atoms with Crippen molar-refractivity contribution in [2.24, 2.45) is 28.6 Å². The molecule has 0 aromatic heterocycles. The zero-order chi connectivity index (χ0) is 16.6. The van der Waals surface area contributed by atoms with Gasteiger partial charge < -0.3 is 15.3 Å². The summed E-state index contributed by atoms with van der Waals surface area (Å²) in [6, 6.07) is 0. The topological polar surface area (TPSA) is 77.8 Å². The fourth-order valence-electron chi connectivity index (χ4n) is 7.08. The van der Waals surface area contributed by atoms with E-state index >= 15 is 0 Å². The van der Waals surface area contributed by atoms with Crippen LogP contribution >= 0.6 is 0 Å². The van der Waals surface area contributed by atoms with Crippen LogP contribution in [0.3, 0.4) is 0 Å². The average molecular weight is 322 g/mol. The first kappa shape index (κ1) is 16.0. The van der Waals surface area contributed by atoms with E-state index in [1.165, 1.54) is 0 Å². The molecule has 4 rings (SSSR count). The highest BCUT2D eigenvalue weighted by Crippen LogP contribution is 2.66. The molecule has 130 valence electrons. The van der Waals surface area contributed by atoms with E-state index in [4.69, 9.17) is 0 Å². The molecule has 23 heavy (non-hydrogen) atoms. The van der Waals surface area contributed by atoms with Gasteiger partial charge in [-0.05, 0) is 55.8 Å². The maximum absolute atomic E-state index is 13.1. The fraction of sp³-hybridized carbons (Fsp3) is 0.947. The van der Waals surface area contributed by atoms with E-state index < -0.39 is 17.1 Å². The number of hydrogen-bond acceptors (Lipinski definition) is 4. The first-order valence-corrected chi connectivity index (χ1v) is 9.30. The molecule has 0 spiro atoms. The van der Waals surface area contributed by atoms with Crippen molar-refractivity contribution < 1.29 is 20.1 Å². The number of aliphatic hydroxyl groups is 3. The van der Waals surface area contributed by atoms with Crippen molar-refractivity contribution in [3.63, 3.8) is 0 Å². The second kappa shape index (κ2) is 4.80. The molecular formula is C19H30O4. The highest BCUT2D eigenvalue weighted by Gasteiger charge is 2.66. The number of aliphatic hydroxyl groups excluding tert-OH is 2. The van der Waals surface area contributed by atoms with Gasteiger partial charge in [0.25, 0.3) is 0 Å². The third kappa shape index (κ3) is 2.04. The molecule has 4 aliphatic carbocycles. The molecule has 0 amide bonds. The molecule has 0 heterocycles. The number of Topliss-reactive ketones (excluding diaryl/α,β-unsaturated/α-hetero) is 1. The van der Waals surface area contributed by atoms with Gasteiger partial charge >= 0.3 is 0 Å². The number of carbonyl (C=O) groups excluding carboxylic acids is 1. The lowest BCUT2D eigenvalue weighted by Gasteiger charge is -2.62. The van der Waals surface area contributed by atoms with E-state index in [1.54, 1.807) is 0 Å². The van der Waals surface area contributed by atoms with E-state index in [2.05, 4.69) is 13.8 Å². The Bertz CT molecular complexity index is 533. The second-order valence-corrected chi connectivity index (χ2v) is 9.52. The van der Waals surface area contributed by atoms with Crippen molar-refractivity contribution in [3.8, 4) is 0 Å². The summed E-state index contributed by atoms with van der Waals surface area (Å²) in [5.41, 5.74) is -1.38. The number of carbonyl (C=O) groups is 1. The Morgan fingerprint density at radius 1 is 1.04 bits per heavy atom. The minimum atomic E-state index is -0.910. The van der Waals surface area contributed by atoms with Crippen LogP contribution in [0.5, 0.6) is 0 Å². The Labute approximate surface area is 138 Å². The van der Waals surface area contributed by atoms with Crippen molar-refractivity contribution in [3.05, 3.63) is 0 Å². The first-order valence-electron chi connectivity index (χ1n) is 9.30. The summed E-state index contributed by atoms with van der Waals surface area (Å²) in [5.74, 6) is 0.879. The van der Waals surface area contributed by atoms with Gasteiger partial charge in [-0.1, -0.05) is 13.8 Å². The number of rotatable bonds is 0. The molecule has 0 aliphatic heterocycles. The maximum atomic E-state index is 13.1. The van der Waals surface area contributed by atoms with Crippen LogP contribution in [0.15, 0.2) is 0 Å². The quantitative estimate of drug-likeness (QED) is 0.638. The Morgan fingerprint density at radius 3 is 2.52 bits per heavy atom. The smallest absolute Gasteiger partial charge is 0.137 e. The van der Waals surface area contributed by atoms with Gasteiger partial charge in [0.1, 0.15) is 5.78 Å². The summed E-state index contributed by atoms with van der Waals surface area (Å²) in [7, 11) is 0. The fourth-order valence-corrected chi connectivity index (χ4v) is 7.08. The second-order valence-electron chi connectivity index (χ2n) is 9.52. The van der Waals surface area contributed by atoms with E-state index in [1.807, 2.05) is 0 Å².